The number of carbonyl (C=O) groups is 1. The number of nitrogens with zero attached hydrogens (tertiary/aromatic N) is 1. The average molecular weight is 783 g/mol. The Kier molecular flexibility index (Phi) is 35.3. The Balaban J connectivity index is 4.42. The minimum Gasteiger partial charge on any atom is -0.492 e. The number of hydrogen-bond donors (Lipinski definition) is 2. The van der Waals surface area contributed by atoms with Gasteiger partial charge in [-0.15, -0.1) is 0 Å². The molecule has 0 bridgehead atoms. The average Bonchev–Trinajstić information content (AvgIpc) is 3.11. The molecule has 0 aliphatic heterocycles. The van der Waals surface area contributed by atoms with Crippen LogP contribution in [0.3, 0.4) is 0 Å². The first-order valence-corrected chi connectivity index (χ1v) is 22.6. The molecule has 0 spiro atoms. The van der Waals surface area contributed by atoms with Gasteiger partial charge < -0.3 is 24.0 Å². The summed E-state index contributed by atoms with van der Waals surface area (Å²) in [6.07, 6.45) is 42.8. The van der Waals surface area contributed by atoms with E-state index in [1.165, 1.54) is 70.6 Å². The van der Waals surface area contributed by atoms with Gasteiger partial charge >= 0.3 is 13.8 Å². The van der Waals surface area contributed by atoms with Crippen LogP contribution >= 0.6 is 7.82 Å². The van der Waals surface area contributed by atoms with E-state index in [2.05, 4.69) is 62.5 Å². The van der Waals surface area contributed by atoms with Crippen molar-refractivity contribution in [1.82, 2.24) is 0 Å². The summed E-state index contributed by atoms with van der Waals surface area (Å²) in [5, 5.41) is 9.73. The molecule has 9 nitrogen and oxygen atoms in total. The van der Waals surface area contributed by atoms with Gasteiger partial charge in [0, 0.05) is 6.42 Å². The SMILES string of the molecule is CCCCCCCCCCCCCC/C=C/O[C@H](COC(=O)CCC/C=C\C/C=C\C/C=C\C/C=C\CC(O)CCC)COP(=O)(O)OCC[N+](C)(C)C. The maximum Gasteiger partial charge on any atom is 0.472 e. The van der Waals surface area contributed by atoms with Crippen molar-refractivity contribution in [2.24, 2.45) is 0 Å². The molecule has 0 saturated heterocycles. The minimum atomic E-state index is -4.28. The third kappa shape index (κ3) is 39.7. The summed E-state index contributed by atoms with van der Waals surface area (Å²) in [4.78, 5) is 22.6. The van der Waals surface area contributed by atoms with Gasteiger partial charge in [0.1, 0.15) is 19.8 Å². The van der Waals surface area contributed by atoms with Crippen LogP contribution in [0, 0.1) is 0 Å². The van der Waals surface area contributed by atoms with Crippen molar-refractivity contribution in [3.63, 3.8) is 0 Å². The van der Waals surface area contributed by atoms with Crippen molar-refractivity contribution in [3.8, 4) is 0 Å². The van der Waals surface area contributed by atoms with Crippen LogP contribution in [0.4, 0.5) is 0 Å². The molecule has 0 saturated carbocycles. The first-order valence-electron chi connectivity index (χ1n) is 21.2. The number of aliphatic hydroxyl groups excluding tert-OH is 1. The molecule has 0 aromatic heterocycles. The molecule has 10 heteroatoms. The molecule has 0 aliphatic rings. The molecule has 3 atom stereocenters. The largest absolute Gasteiger partial charge is 0.492 e. The van der Waals surface area contributed by atoms with E-state index >= 15 is 0 Å². The minimum absolute atomic E-state index is 0.0732. The van der Waals surface area contributed by atoms with Crippen LogP contribution in [0.25, 0.3) is 0 Å². The van der Waals surface area contributed by atoms with Gasteiger partial charge in [-0.25, -0.2) is 4.57 Å². The Morgan fingerprint density at radius 1 is 0.667 bits per heavy atom. The number of rotatable bonds is 38. The molecule has 0 fully saturated rings. The lowest BCUT2D eigenvalue weighted by atomic mass is 10.0. The Morgan fingerprint density at radius 3 is 1.78 bits per heavy atom. The standard InChI is InChI=1S/C44H80NO8P/c1-6-8-9-10-11-12-13-14-18-21-24-27-30-33-38-50-43(41-53-54(48,49)52-39-37-45(3,4)5)40-51-44(47)36-32-29-26-23-20-17-15-16-19-22-25-28-31-35-42(46)34-7-2/h15,17,19,22-23,26,28,31,33,38,42-43,46H,6-14,16,18,20-21,24-25,27,29-30,32,34-37,39-41H2,1-5H3/p+1/b17-15-,22-19-,26-23-,31-28-,38-33+/t42?,43-/m1/s1. The number of hydrogen-bond acceptors (Lipinski definition) is 7. The third-order valence-electron chi connectivity index (χ3n) is 8.73. The van der Waals surface area contributed by atoms with Gasteiger partial charge in [-0.3, -0.25) is 13.8 Å². The quantitative estimate of drug-likeness (QED) is 0.0159. The van der Waals surface area contributed by atoms with Gasteiger partial charge in [0.15, 0.2) is 6.10 Å². The van der Waals surface area contributed by atoms with E-state index in [1.807, 2.05) is 27.2 Å². The molecule has 0 rings (SSSR count). The second-order valence-corrected chi connectivity index (χ2v) is 16.7. The second kappa shape index (κ2) is 36.6. The lowest BCUT2D eigenvalue weighted by Crippen LogP contribution is -2.37. The van der Waals surface area contributed by atoms with Crippen LogP contribution in [0.2, 0.25) is 0 Å². The first kappa shape index (κ1) is 52.0. The highest BCUT2D eigenvalue weighted by Crippen LogP contribution is 2.43. The molecule has 0 radical (unpaired) electrons. The number of unbranched alkanes of at least 4 members (excludes halogenated alkanes) is 13. The van der Waals surface area contributed by atoms with Gasteiger partial charge in [0.05, 0.1) is 40.1 Å². The van der Waals surface area contributed by atoms with Crippen LogP contribution in [-0.4, -0.2) is 80.2 Å². The predicted molar refractivity (Wildman–Crippen MR) is 225 cm³/mol. The summed E-state index contributed by atoms with van der Waals surface area (Å²) in [6, 6.07) is 0. The normalized spacial score (nSPS) is 14.9. The fraction of sp³-hybridized carbons (Fsp3) is 0.750. The summed E-state index contributed by atoms with van der Waals surface area (Å²) in [5.74, 6) is -0.345. The topological polar surface area (TPSA) is 112 Å². The second-order valence-electron chi connectivity index (χ2n) is 15.3. The lowest BCUT2D eigenvalue weighted by molar-refractivity contribution is -0.870. The molecule has 0 aromatic carbocycles. The van der Waals surface area contributed by atoms with E-state index in [0.717, 1.165) is 57.8 Å². The van der Waals surface area contributed by atoms with Gasteiger partial charge in [-0.05, 0) is 63.9 Å². The number of carbonyl (C=O) groups excluding carboxylic acids is 1. The smallest absolute Gasteiger partial charge is 0.472 e. The van der Waals surface area contributed by atoms with Gasteiger partial charge in [-0.1, -0.05) is 140 Å². The molecule has 314 valence electrons. The highest BCUT2D eigenvalue weighted by Gasteiger charge is 2.25. The number of likely N-dealkylation sites (N-methyl/N-ethyl adjacent to an activating group) is 1. The lowest BCUT2D eigenvalue weighted by Gasteiger charge is -2.24. The Labute approximate surface area is 331 Å². The van der Waals surface area contributed by atoms with Crippen molar-refractivity contribution >= 4 is 13.8 Å². The summed E-state index contributed by atoms with van der Waals surface area (Å²) in [7, 11) is 1.62. The van der Waals surface area contributed by atoms with Crippen LogP contribution in [0.5, 0.6) is 0 Å². The Morgan fingerprint density at radius 2 is 1.20 bits per heavy atom. The van der Waals surface area contributed by atoms with Crippen molar-refractivity contribution in [1.29, 1.82) is 0 Å². The summed E-state index contributed by atoms with van der Waals surface area (Å²) >= 11 is 0. The van der Waals surface area contributed by atoms with E-state index in [0.29, 0.717) is 17.4 Å². The van der Waals surface area contributed by atoms with Crippen LogP contribution in [-0.2, 0) is 27.9 Å². The highest BCUT2D eigenvalue weighted by molar-refractivity contribution is 7.47. The molecule has 2 unspecified atom stereocenters. The third-order valence-corrected chi connectivity index (χ3v) is 9.71. The first-order chi connectivity index (χ1) is 26.0. The number of allylic oxidation sites excluding steroid dienone is 8. The highest BCUT2D eigenvalue weighted by atomic mass is 31.2. The zero-order valence-corrected chi connectivity index (χ0v) is 35.9. The van der Waals surface area contributed by atoms with E-state index < -0.39 is 13.9 Å². The fourth-order valence-corrected chi connectivity index (χ4v) is 6.11. The van der Waals surface area contributed by atoms with Crippen LogP contribution < -0.4 is 0 Å². The number of phosphoric ester groups is 1. The summed E-state index contributed by atoms with van der Waals surface area (Å²) in [5.41, 5.74) is 0. The van der Waals surface area contributed by atoms with Gasteiger partial charge in [0.2, 0.25) is 0 Å². The molecular formula is C44H81NO8P+. The van der Waals surface area contributed by atoms with Gasteiger partial charge in [0.25, 0.3) is 0 Å². The van der Waals surface area contributed by atoms with E-state index in [-0.39, 0.29) is 38.3 Å². The fourth-order valence-electron chi connectivity index (χ4n) is 5.37. The van der Waals surface area contributed by atoms with E-state index in [4.69, 9.17) is 18.5 Å². The van der Waals surface area contributed by atoms with Crippen molar-refractivity contribution in [2.45, 2.75) is 167 Å². The van der Waals surface area contributed by atoms with Crippen LogP contribution in [0.1, 0.15) is 155 Å². The summed E-state index contributed by atoms with van der Waals surface area (Å²) in [6.45, 7) is 4.62. The zero-order valence-electron chi connectivity index (χ0n) is 35.1. The Hall–Kier alpha value is -2.00. The number of quaternary nitrogens is 1. The predicted octanol–water partition coefficient (Wildman–Crippen LogP) is 11.5. The maximum atomic E-state index is 12.4. The van der Waals surface area contributed by atoms with Crippen molar-refractivity contribution in [3.05, 3.63) is 60.9 Å². The van der Waals surface area contributed by atoms with E-state index in [9.17, 15) is 19.4 Å². The number of phosphoric acid groups is 1. The van der Waals surface area contributed by atoms with E-state index in [1.54, 1.807) is 6.26 Å². The number of esters is 1. The molecule has 2 N–H and O–H groups in total. The number of aliphatic hydroxyl groups is 1. The molecule has 54 heavy (non-hydrogen) atoms. The molecule has 0 aliphatic carbocycles. The monoisotopic (exact) mass is 783 g/mol. The molecular weight excluding hydrogens is 701 g/mol. The molecule has 0 amide bonds. The molecule has 0 heterocycles. The molecule has 0 aromatic rings. The maximum absolute atomic E-state index is 12.4. The number of ether oxygens (including phenoxy) is 2. The Bertz CT molecular complexity index is 1070. The van der Waals surface area contributed by atoms with Crippen LogP contribution in [0.15, 0.2) is 60.9 Å². The summed E-state index contributed by atoms with van der Waals surface area (Å²) < 4.78 is 34.6. The van der Waals surface area contributed by atoms with Crippen molar-refractivity contribution < 1.29 is 42.4 Å². The van der Waals surface area contributed by atoms with Gasteiger partial charge in [-0.2, -0.15) is 0 Å². The zero-order chi connectivity index (χ0) is 40.0. The van der Waals surface area contributed by atoms with Crippen molar-refractivity contribution in [2.75, 3.05) is 47.5 Å².